The molecule has 2 unspecified atom stereocenters. The third-order valence-electron chi connectivity index (χ3n) is 3.34. The van der Waals surface area contributed by atoms with Gasteiger partial charge >= 0.3 is 0 Å². The molecule has 3 nitrogen and oxygen atoms in total. The summed E-state index contributed by atoms with van der Waals surface area (Å²) in [6.45, 7) is 5.02. The van der Waals surface area contributed by atoms with Crippen LogP contribution in [0, 0.1) is 11.6 Å². The zero-order valence-corrected chi connectivity index (χ0v) is 10.4. The molecule has 1 aliphatic heterocycles. The Morgan fingerprint density at radius 2 is 2.28 bits per heavy atom. The van der Waals surface area contributed by atoms with Gasteiger partial charge in [-0.2, -0.15) is 0 Å². The lowest BCUT2D eigenvalue weighted by Gasteiger charge is -2.35. The molecule has 1 aromatic rings. The number of hydrogen-bond acceptors (Lipinski definition) is 3. The summed E-state index contributed by atoms with van der Waals surface area (Å²) in [5.41, 5.74) is 6.18. The van der Waals surface area contributed by atoms with Crippen LogP contribution in [0.4, 0.5) is 8.78 Å². The van der Waals surface area contributed by atoms with Crippen LogP contribution in [0.5, 0.6) is 0 Å². The maximum absolute atomic E-state index is 13.6. The summed E-state index contributed by atoms with van der Waals surface area (Å²) < 4.78 is 32.3. The van der Waals surface area contributed by atoms with Crippen LogP contribution in [0.3, 0.4) is 0 Å². The van der Waals surface area contributed by atoms with Crippen molar-refractivity contribution in [3.63, 3.8) is 0 Å². The van der Waals surface area contributed by atoms with Gasteiger partial charge in [-0.25, -0.2) is 8.78 Å². The molecule has 0 spiro atoms. The standard InChI is InChI=1S/C13H18F2N2O/c1-2-17-5-6-18-12(8-17)13(16)10-7-9(14)3-4-11(10)15/h3-4,7,12-13H,2,5-6,8,16H2,1H3. The Hall–Kier alpha value is -1.04. The molecule has 2 N–H and O–H groups in total. The lowest BCUT2D eigenvalue weighted by atomic mass is 10.00. The molecule has 0 aliphatic carbocycles. The van der Waals surface area contributed by atoms with Crippen molar-refractivity contribution in [2.24, 2.45) is 5.73 Å². The topological polar surface area (TPSA) is 38.5 Å². The van der Waals surface area contributed by atoms with Gasteiger partial charge in [-0.1, -0.05) is 6.92 Å². The van der Waals surface area contributed by atoms with Gasteiger partial charge in [0.25, 0.3) is 0 Å². The predicted octanol–water partition coefficient (Wildman–Crippen LogP) is 1.69. The van der Waals surface area contributed by atoms with Crippen molar-refractivity contribution in [3.05, 3.63) is 35.4 Å². The van der Waals surface area contributed by atoms with Crippen LogP contribution in [0.2, 0.25) is 0 Å². The van der Waals surface area contributed by atoms with Gasteiger partial charge < -0.3 is 10.5 Å². The van der Waals surface area contributed by atoms with Crippen molar-refractivity contribution < 1.29 is 13.5 Å². The zero-order valence-electron chi connectivity index (χ0n) is 10.4. The van der Waals surface area contributed by atoms with Crippen LogP contribution in [0.1, 0.15) is 18.5 Å². The second-order valence-corrected chi connectivity index (χ2v) is 4.49. The third kappa shape index (κ3) is 2.85. The summed E-state index contributed by atoms with van der Waals surface area (Å²) in [6, 6.07) is 2.69. The van der Waals surface area contributed by atoms with Gasteiger partial charge in [-0.05, 0) is 24.7 Å². The number of ether oxygens (including phenoxy) is 1. The number of morpholine rings is 1. The average Bonchev–Trinajstić information content (AvgIpc) is 2.41. The molecule has 0 amide bonds. The summed E-state index contributed by atoms with van der Waals surface area (Å²) in [5.74, 6) is -0.967. The molecule has 0 bridgehead atoms. The second-order valence-electron chi connectivity index (χ2n) is 4.49. The highest BCUT2D eigenvalue weighted by molar-refractivity contribution is 5.23. The summed E-state index contributed by atoms with van der Waals surface area (Å²) in [4.78, 5) is 2.19. The molecule has 0 saturated carbocycles. The van der Waals surface area contributed by atoms with E-state index < -0.39 is 17.7 Å². The molecule has 0 aromatic heterocycles. The maximum Gasteiger partial charge on any atom is 0.128 e. The Morgan fingerprint density at radius 1 is 1.50 bits per heavy atom. The van der Waals surface area contributed by atoms with Crippen LogP contribution in [0.15, 0.2) is 18.2 Å². The van der Waals surface area contributed by atoms with Crippen molar-refractivity contribution in [1.29, 1.82) is 0 Å². The summed E-state index contributed by atoms with van der Waals surface area (Å²) in [6.07, 6.45) is -0.296. The number of nitrogens with zero attached hydrogens (tertiary/aromatic N) is 1. The first-order valence-corrected chi connectivity index (χ1v) is 6.16. The first-order valence-electron chi connectivity index (χ1n) is 6.16. The van der Waals surface area contributed by atoms with E-state index in [1.807, 2.05) is 0 Å². The normalized spacial score (nSPS) is 23.0. The predicted molar refractivity (Wildman–Crippen MR) is 65.1 cm³/mol. The van der Waals surface area contributed by atoms with Gasteiger partial charge in [-0.3, -0.25) is 4.90 Å². The quantitative estimate of drug-likeness (QED) is 0.894. The van der Waals surface area contributed by atoms with Crippen LogP contribution >= 0.6 is 0 Å². The number of likely N-dealkylation sites (N-methyl/N-ethyl adjacent to an activating group) is 1. The molecule has 2 atom stereocenters. The summed E-state index contributed by atoms with van der Waals surface area (Å²) in [5, 5.41) is 0. The van der Waals surface area contributed by atoms with Crippen LogP contribution in [-0.4, -0.2) is 37.2 Å². The first kappa shape index (κ1) is 13.4. The number of nitrogens with two attached hydrogens (primary N) is 1. The van der Waals surface area contributed by atoms with Gasteiger partial charge in [0.15, 0.2) is 0 Å². The minimum Gasteiger partial charge on any atom is -0.374 e. The highest BCUT2D eigenvalue weighted by Gasteiger charge is 2.28. The monoisotopic (exact) mass is 256 g/mol. The first-order chi connectivity index (χ1) is 8.61. The van der Waals surface area contributed by atoms with Crippen molar-refractivity contribution in [3.8, 4) is 0 Å². The summed E-state index contributed by atoms with van der Waals surface area (Å²) >= 11 is 0. The molecule has 0 radical (unpaired) electrons. The van der Waals surface area contributed by atoms with Crippen LogP contribution in [0.25, 0.3) is 0 Å². The molecule has 1 aromatic carbocycles. The Morgan fingerprint density at radius 3 is 3.00 bits per heavy atom. The van der Waals surface area contributed by atoms with Gasteiger partial charge in [0.05, 0.1) is 18.8 Å². The van der Waals surface area contributed by atoms with Crippen molar-refractivity contribution >= 4 is 0 Å². The van der Waals surface area contributed by atoms with E-state index in [-0.39, 0.29) is 11.7 Å². The number of halogens is 2. The highest BCUT2D eigenvalue weighted by Crippen LogP contribution is 2.23. The van der Waals surface area contributed by atoms with Gasteiger partial charge in [0, 0.05) is 18.7 Å². The molecule has 1 fully saturated rings. The molecular formula is C13H18F2N2O. The minimum atomic E-state index is -0.643. The molecule has 1 aliphatic rings. The van der Waals surface area contributed by atoms with Crippen molar-refractivity contribution in [1.82, 2.24) is 4.90 Å². The Balaban J connectivity index is 2.14. The number of rotatable bonds is 3. The fourth-order valence-electron chi connectivity index (χ4n) is 2.21. The fraction of sp³-hybridized carbons (Fsp3) is 0.538. The second kappa shape index (κ2) is 5.73. The molecule has 1 heterocycles. The molecule has 5 heteroatoms. The Labute approximate surface area is 106 Å². The molecular weight excluding hydrogens is 238 g/mol. The van der Waals surface area contributed by atoms with E-state index in [1.165, 1.54) is 0 Å². The smallest absolute Gasteiger partial charge is 0.128 e. The van der Waals surface area contributed by atoms with E-state index in [2.05, 4.69) is 11.8 Å². The van der Waals surface area contributed by atoms with Crippen LogP contribution < -0.4 is 5.73 Å². The highest BCUT2D eigenvalue weighted by atomic mass is 19.1. The molecule has 100 valence electrons. The Kier molecular flexibility index (Phi) is 4.27. The SMILES string of the molecule is CCN1CCOC(C(N)c2cc(F)ccc2F)C1. The van der Waals surface area contributed by atoms with E-state index >= 15 is 0 Å². The minimum absolute atomic E-state index is 0.179. The Bertz CT molecular complexity index is 414. The fourth-order valence-corrected chi connectivity index (χ4v) is 2.21. The number of hydrogen-bond donors (Lipinski definition) is 1. The van der Waals surface area contributed by atoms with Crippen molar-refractivity contribution in [2.45, 2.75) is 19.1 Å². The lowest BCUT2D eigenvalue weighted by Crippen LogP contribution is -2.47. The third-order valence-corrected chi connectivity index (χ3v) is 3.34. The van der Waals surface area contributed by atoms with E-state index in [0.717, 1.165) is 31.3 Å². The maximum atomic E-state index is 13.6. The largest absolute Gasteiger partial charge is 0.374 e. The van der Waals surface area contributed by atoms with E-state index in [9.17, 15) is 8.78 Å². The van der Waals surface area contributed by atoms with Crippen LogP contribution in [-0.2, 0) is 4.74 Å². The molecule has 1 saturated heterocycles. The van der Waals surface area contributed by atoms with Gasteiger partial charge in [-0.15, -0.1) is 0 Å². The number of benzene rings is 1. The lowest BCUT2D eigenvalue weighted by molar-refractivity contribution is -0.0397. The summed E-state index contributed by atoms with van der Waals surface area (Å²) in [7, 11) is 0. The van der Waals surface area contributed by atoms with Gasteiger partial charge in [0.2, 0.25) is 0 Å². The zero-order chi connectivity index (χ0) is 13.1. The van der Waals surface area contributed by atoms with E-state index in [0.29, 0.717) is 13.2 Å². The van der Waals surface area contributed by atoms with Crippen molar-refractivity contribution in [2.75, 3.05) is 26.2 Å². The average molecular weight is 256 g/mol. The van der Waals surface area contributed by atoms with E-state index in [1.54, 1.807) is 0 Å². The van der Waals surface area contributed by atoms with E-state index in [4.69, 9.17) is 10.5 Å². The molecule has 18 heavy (non-hydrogen) atoms. The van der Waals surface area contributed by atoms with Gasteiger partial charge in [0.1, 0.15) is 11.6 Å². The molecule has 2 rings (SSSR count).